The van der Waals surface area contributed by atoms with Crippen LogP contribution in [0.5, 0.6) is 0 Å². The fourth-order valence-electron chi connectivity index (χ4n) is 0.683. The van der Waals surface area contributed by atoms with Gasteiger partial charge in [-0.25, -0.2) is 0 Å². The zero-order chi connectivity index (χ0) is 7.11. The molecule has 9 heavy (non-hydrogen) atoms. The van der Waals surface area contributed by atoms with Crippen LogP contribution in [0.15, 0.2) is 0 Å². The summed E-state index contributed by atoms with van der Waals surface area (Å²) < 4.78 is 5.19. The van der Waals surface area contributed by atoms with E-state index in [1.807, 2.05) is 14.0 Å². The molecular formula is C7H16NO-. The van der Waals surface area contributed by atoms with Crippen molar-refractivity contribution in [3.63, 3.8) is 0 Å². The lowest BCUT2D eigenvalue weighted by Crippen LogP contribution is -2.08. The Kier molecular flexibility index (Phi) is 5.99. The number of hydrogen-bond acceptors (Lipinski definition) is 1. The molecule has 2 heteroatoms. The molecule has 0 aromatic rings. The summed E-state index contributed by atoms with van der Waals surface area (Å²) in [5, 5.41) is 4.01. The van der Waals surface area contributed by atoms with Gasteiger partial charge in [0, 0.05) is 13.2 Å². The summed E-state index contributed by atoms with van der Waals surface area (Å²) in [6.45, 7) is 6.72. The van der Waals surface area contributed by atoms with Crippen molar-refractivity contribution in [2.24, 2.45) is 5.92 Å². The smallest absolute Gasteiger partial charge is 0.0475 e. The quantitative estimate of drug-likeness (QED) is 0.555. The highest BCUT2D eigenvalue weighted by molar-refractivity contribution is 4.73. The van der Waals surface area contributed by atoms with Crippen LogP contribution in [0.2, 0.25) is 0 Å². The van der Waals surface area contributed by atoms with E-state index in [4.69, 9.17) is 4.74 Å². The first-order valence-corrected chi connectivity index (χ1v) is 3.44. The van der Waals surface area contributed by atoms with Gasteiger partial charge < -0.3 is 10.1 Å². The Balaban J connectivity index is 2.95. The van der Waals surface area contributed by atoms with E-state index in [9.17, 15) is 0 Å². The molecule has 1 unspecified atom stereocenters. The number of hydrogen-bond donors (Lipinski definition) is 0. The minimum absolute atomic E-state index is 0.579. The topological polar surface area (TPSA) is 23.3 Å². The second-order valence-electron chi connectivity index (χ2n) is 2.26. The average Bonchev–Trinajstić information content (AvgIpc) is 1.85. The van der Waals surface area contributed by atoms with Gasteiger partial charge in [-0.15, -0.1) is 6.54 Å². The van der Waals surface area contributed by atoms with Crippen LogP contribution in [0.3, 0.4) is 0 Å². The van der Waals surface area contributed by atoms with Gasteiger partial charge in [-0.1, -0.05) is 6.92 Å². The van der Waals surface area contributed by atoms with Gasteiger partial charge in [-0.05, 0) is 12.8 Å². The molecule has 0 rings (SSSR count). The fourth-order valence-corrected chi connectivity index (χ4v) is 0.683. The third-order valence-electron chi connectivity index (χ3n) is 1.10. The third kappa shape index (κ3) is 5.80. The van der Waals surface area contributed by atoms with Crippen molar-refractivity contribution in [2.45, 2.75) is 13.8 Å². The van der Waals surface area contributed by atoms with E-state index in [0.717, 1.165) is 19.8 Å². The zero-order valence-electron chi connectivity index (χ0n) is 6.55. The Bertz CT molecular complexity index is 56.9. The lowest BCUT2D eigenvalue weighted by atomic mass is 10.2. The van der Waals surface area contributed by atoms with Gasteiger partial charge in [0.15, 0.2) is 0 Å². The van der Waals surface area contributed by atoms with E-state index in [0.29, 0.717) is 5.92 Å². The summed E-state index contributed by atoms with van der Waals surface area (Å²) in [6.07, 6.45) is 0. The molecule has 0 aliphatic rings. The normalized spacial score (nSPS) is 13.7. The summed E-state index contributed by atoms with van der Waals surface area (Å²) in [4.78, 5) is 0. The molecule has 0 radical (unpaired) electrons. The largest absolute Gasteiger partial charge is 0.665 e. The van der Waals surface area contributed by atoms with Gasteiger partial charge in [0.05, 0.1) is 0 Å². The van der Waals surface area contributed by atoms with Gasteiger partial charge in [0.1, 0.15) is 0 Å². The molecule has 56 valence electrons. The Hall–Kier alpha value is -0.0800. The fraction of sp³-hybridized carbons (Fsp3) is 1.00. The van der Waals surface area contributed by atoms with E-state index in [-0.39, 0.29) is 0 Å². The number of rotatable bonds is 5. The summed E-state index contributed by atoms with van der Waals surface area (Å²) >= 11 is 0. The van der Waals surface area contributed by atoms with E-state index >= 15 is 0 Å². The van der Waals surface area contributed by atoms with Crippen molar-refractivity contribution in [1.29, 1.82) is 0 Å². The van der Waals surface area contributed by atoms with E-state index < -0.39 is 0 Å². The van der Waals surface area contributed by atoms with Gasteiger partial charge in [-0.3, -0.25) is 0 Å². The molecule has 0 amide bonds. The monoisotopic (exact) mass is 130 g/mol. The maximum Gasteiger partial charge on any atom is 0.0475 e. The molecule has 2 nitrogen and oxygen atoms in total. The Morgan fingerprint density at radius 2 is 2.22 bits per heavy atom. The molecule has 0 fully saturated rings. The van der Waals surface area contributed by atoms with Crippen molar-refractivity contribution in [3.8, 4) is 0 Å². The highest BCUT2D eigenvalue weighted by Gasteiger charge is 1.92. The molecule has 0 spiro atoms. The van der Waals surface area contributed by atoms with Crippen LogP contribution in [0, 0.1) is 5.92 Å². The van der Waals surface area contributed by atoms with Crippen molar-refractivity contribution >= 4 is 0 Å². The number of ether oxygens (including phenoxy) is 1. The summed E-state index contributed by atoms with van der Waals surface area (Å²) in [5.74, 6) is 0.579. The molecule has 0 saturated carbocycles. The predicted molar refractivity (Wildman–Crippen MR) is 39.8 cm³/mol. The van der Waals surface area contributed by atoms with Crippen LogP contribution >= 0.6 is 0 Å². The van der Waals surface area contributed by atoms with Crippen LogP contribution in [0.1, 0.15) is 13.8 Å². The van der Waals surface area contributed by atoms with Crippen LogP contribution in [-0.2, 0) is 4.74 Å². The van der Waals surface area contributed by atoms with E-state index in [1.165, 1.54) is 0 Å². The lowest BCUT2D eigenvalue weighted by Gasteiger charge is -2.18. The Labute approximate surface area is 57.6 Å². The summed E-state index contributed by atoms with van der Waals surface area (Å²) in [6, 6.07) is 0. The van der Waals surface area contributed by atoms with Crippen molar-refractivity contribution in [3.05, 3.63) is 5.32 Å². The van der Waals surface area contributed by atoms with Gasteiger partial charge in [-0.2, -0.15) is 7.05 Å². The SMILES string of the molecule is CCOCC(C)C[N-]C. The Morgan fingerprint density at radius 3 is 2.67 bits per heavy atom. The van der Waals surface area contributed by atoms with Crippen molar-refractivity contribution < 1.29 is 4.74 Å². The van der Waals surface area contributed by atoms with Crippen LogP contribution in [-0.4, -0.2) is 26.8 Å². The lowest BCUT2D eigenvalue weighted by molar-refractivity contribution is 0.120. The molecule has 0 N–H and O–H groups in total. The maximum absolute atomic E-state index is 5.19. The summed E-state index contributed by atoms with van der Waals surface area (Å²) in [7, 11) is 1.84. The van der Waals surface area contributed by atoms with E-state index in [1.54, 1.807) is 0 Å². The molecule has 0 saturated heterocycles. The molecule has 0 aliphatic carbocycles. The van der Waals surface area contributed by atoms with Crippen LogP contribution in [0.4, 0.5) is 0 Å². The first-order chi connectivity index (χ1) is 4.31. The Morgan fingerprint density at radius 1 is 1.56 bits per heavy atom. The zero-order valence-corrected chi connectivity index (χ0v) is 6.55. The van der Waals surface area contributed by atoms with Gasteiger partial charge in [0.2, 0.25) is 0 Å². The third-order valence-corrected chi connectivity index (χ3v) is 1.10. The first-order valence-electron chi connectivity index (χ1n) is 3.44. The molecule has 0 heterocycles. The predicted octanol–water partition coefficient (Wildman–Crippen LogP) is 1.66. The molecule has 0 aromatic carbocycles. The molecule has 0 aromatic heterocycles. The van der Waals surface area contributed by atoms with E-state index in [2.05, 4.69) is 12.2 Å². The number of nitrogens with zero attached hydrogens (tertiary/aromatic N) is 1. The minimum Gasteiger partial charge on any atom is -0.665 e. The maximum atomic E-state index is 5.19. The van der Waals surface area contributed by atoms with Crippen molar-refractivity contribution in [2.75, 3.05) is 26.8 Å². The second-order valence-corrected chi connectivity index (χ2v) is 2.26. The standard InChI is InChI=1S/C7H16NO/c1-4-9-6-7(2)5-8-3/h7H,4-6H2,1-3H3/q-1. The highest BCUT2D eigenvalue weighted by Crippen LogP contribution is 1.97. The van der Waals surface area contributed by atoms with Crippen LogP contribution < -0.4 is 0 Å². The molecule has 1 atom stereocenters. The minimum atomic E-state index is 0.579. The summed E-state index contributed by atoms with van der Waals surface area (Å²) in [5.41, 5.74) is 0. The average molecular weight is 130 g/mol. The molecule has 0 aliphatic heterocycles. The van der Waals surface area contributed by atoms with Gasteiger partial charge >= 0.3 is 0 Å². The van der Waals surface area contributed by atoms with Crippen molar-refractivity contribution in [1.82, 2.24) is 0 Å². The molecule has 0 bridgehead atoms. The second kappa shape index (κ2) is 6.05. The van der Waals surface area contributed by atoms with Crippen LogP contribution in [0.25, 0.3) is 5.32 Å². The first kappa shape index (κ1) is 8.92. The van der Waals surface area contributed by atoms with Gasteiger partial charge in [0.25, 0.3) is 0 Å². The highest BCUT2D eigenvalue weighted by atomic mass is 16.5. The molecular weight excluding hydrogens is 114 g/mol.